The van der Waals surface area contributed by atoms with E-state index in [1.54, 1.807) is 19.1 Å². The Morgan fingerprint density at radius 2 is 1.91 bits per heavy atom. The number of aromatic hydroxyl groups is 1. The van der Waals surface area contributed by atoms with Crippen LogP contribution in [0.15, 0.2) is 42.5 Å². The summed E-state index contributed by atoms with van der Waals surface area (Å²) in [7, 11) is 0. The number of phenolic OH excluding ortho intramolecular Hbond substituents is 1. The van der Waals surface area contributed by atoms with Gasteiger partial charge in [-0.05, 0) is 31.2 Å². The van der Waals surface area contributed by atoms with Crippen LogP contribution < -0.4 is 10.1 Å². The molecule has 7 heteroatoms. The molecule has 0 bridgehead atoms. The Morgan fingerprint density at radius 3 is 2.61 bits per heavy atom. The Hall–Kier alpha value is -2.70. The number of rotatable bonds is 4. The summed E-state index contributed by atoms with van der Waals surface area (Å²) >= 11 is 0. The average Bonchev–Trinajstić information content (AvgIpc) is 2.48. The van der Waals surface area contributed by atoms with E-state index < -0.39 is 18.7 Å². The first-order valence-corrected chi connectivity index (χ1v) is 6.66. The van der Waals surface area contributed by atoms with Crippen LogP contribution in [0.5, 0.6) is 11.5 Å². The molecule has 0 spiro atoms. The lowest BCUT2D eigenvalue weighted by Crippen LogP contribution is -2.20. The van der Waals surface area contributed by atoms with Crippen LogP contribution in [0.1, 0.15) is 15.9 Å². The molecule has 0 saturated carbocycles. The molecule has 0 saturated heterocycles. The van der Waals surface area contributed by atoms with Gasteiger partial charge < -0.3 is 15.2 Å². The highest BCUT2D eigenvalue weighted by atomic mass is 19.4. The number of hydrogen-bond acceptors (Lipinski definition) is 3. The zero-order valence-electron chi connectivity index (χ0n) is 12.1. The van der Waals surface area contributed by atoms with Gasteiger partial charge in [0.15, 0.2) is 6.61 Å². The molecule has 0 aliphatic carbocycles. The number of ether oxygens (including phenoxy) is 1. The summed E-state index contributed by atoms with van der Waals surface area (Å²) in [6.45, 7) is 0.284. The topological polar surface area (TPSA) is 58.6 Å². The maximum atomic E-state index is 12.3. The zero-order chi connectivity index (χ0) is 17.0. The number of phenols is 1. The number of benzene rings is 2. The van der Waals surface area contributed by atoms with E-state index in [-0.39, 0.29) is 22.7 Å². The van der Waals surface area contributed by atoms with Gasteiger partial charge in [-0.1, -0.05) is 23.8 Å². The van der Waals surface area contributed by atoms with Crippen LogP contribution in [0.3, 0.4) is 0 Å². The van der Waals surface area contributed by atoms with Crippen LogP contribution in [0.4, 0.5) is 18.9 Å². The van der Waals surface area contributed by atoms with E-state index in [1.807, 2.05) is 0 Å². The Kier molecular flexibility index (Phi) is 4.78. The number of halogens is 3. The number of aryl methyl sites for hydroxylation is 1. The highest BCUT2D eigenvalue weighted by Gasteiger charge is 2.29. The third-order valence-corrected chi connectivity index (χ3v) is 2.92. The molecular weight excluding hydrogens is 311 g/mol. The number of amides is 1. The molecule has 122 valence electrons. The molecule has 0 aromatic heterocycles. The van der Waals surface area contributed by atoms with Gasteiger partial charge in [-0.15, -0.1) is 0 Å². The lowest BCUT2D eigenvalue weighted by Gasteiger charge is -2.14. The summed E-state index contributed by atoms with van der Waals surface area (Å²) < 4.78 is 41.4. The highest BCUT2D eigenvalue weighted by molar-refractivity contribution is 6.06. The molecule has 0 radical (unpaired) electrons. The summed E-state index contributed by atoms with van der Waals surface area (Å²) in [6, 6.07) is 10.2. The van der Waals surface area contributed by atoms with Gasteiger partial charge in [0, 0.05) is 0 Å². The Labute approximate surface area is 130 Å². The smallest absolute Gasteiger partial charge is 0.422 e. The van der Waals surface area contributed by atoms with Crippen molar-refractivity contribution in [1.82, 2.24) is 0 Å². The number of hydrogen-bond donors (Lipinski definition) is 2. The normalized spacial score (nSPS) is 11.1. The third-order valence-electron chi connectivity index (χ3n) is 2.92. The fraction of sp³-hybridized carbons (Fsp3) is 0.188. The van der Waals surface area contributed by atoms with Crippen LogP contribution in [0.25, 0.3) is 0 Å². The zero-order valence-corrected chi connectivity index (χ0v) is 12.1. The van der Waals surface area contributed by atoms with Gasteiger partial charge in [-0.3, -0.25) is 4.79 Å². The van der Waals surface area contributed by atoms with E-state index >= 15 is 0 Å². The molecule has 2 rings (SSSR count). The molecule has 2 aromatic carbocycles. The molecule has 2 N–H and O–H groups in total. The lowest BCUT2D eigenvalue weighted by atomic mass is 10.1. The molecule has 0 fully saturated rings. The van der Waals surface area contributed by atoms with Crippen LogP contribution in [-0.2, 0) is 0 Å². The maximum Gasteiger partial charge on any atom is 0.422 e. The maximum absolute atomic E-state index is 12.3. The van der Waals surface area contributed by atoms with Gasteiger partial charge in [0.1, 0.15) is 11.5 Å². The fourth-order valence-corrected chi connectivity index (χ4v) is 1.88. The predicted octanol–water partition coefficient (Wildman–Crippen LogP) is 3.89. The number of carbonyl (C=O) groups excluding carboxylic acids is 1. The lowest BCUT2D eigenvalue weighted by molar-refractivity contribution is -0.153. The number of carbonyl (C=O) groups is 1. The highest BCUT2D eigenvalue weighted by Crippen LogP contribution is 2.28. The van der Waals surface area contributed by atoms with Crippen molar-refractivity contribution in [2.75, 3.05) is 11.9 Å². The van der Waals surface area contributed by atoms with Crippen molar-refractivity contribution < 1.29 is 27.8 Å². The van der Waals surface area contributed by atoms with Gasteiger partial charge in [0.25, 0.3) is 5.91 Å². The minimum absolute atomic E-state index is 0.0237. The van der Waals surface area contributed by atoms with Crippen LogP contribution >= 0.6 is 0 Å². The van der Waals surface area contributed by atoms with Crippen molar-refractivity contribution in [3.05, 3.63) is 53.6 Å². The largest absolute Gasteiger partial charge is 0.507 e. The Balaban J connectivity index is 2.19. The quantitative estimate of drug-likeness (QED) is 0.896. The van der Waals surface area contributed by atoms with Crippen LogP contribution in [0.2, 0.25) is 0 Å². The predicted molar refractivity (Wildman–Crippen MR) is 78.8 cm³/mol. The molecule has 0 aliphatic rings. The van der Waals surface area contributed by atoms with Crippen molar-refractivity contribution in [2.45, 2.75) is 13.1 Å². The molecule has 0 atom stereocenters. The van der Waals surface area contributed by atoms with E-state index in [4.69, 9.17) is 4.74 Å². The molecule has 0 heterocycles. The molecule has 4 nitrogen and oxygen atoms in total. The van der Waals surface area contributed by atoms with Crippen LogP contribution in [-0.4, -0.2) is 23.8 Å². The molecule has 23 heavy (non-hydrogen) atoms. The number of alkyl halides is 3. The van der Waals surface area contributed by atoms with Crippen molar-refractivity contribution in [3.8, 4) is 11.5 Å². The second-order valence-electron chi connectivity index (χ2n) is 4.87. The summed E-state index contributed by atoms with van der Waals surface area (Å²) in [5.74, 6) is -0.971. The van der Waals surface area contributed by atoms with Gasteiger partial charge in [0.2, 0.25) is 0 Å². The van der Waals surface area contributed by atoms with E-state index in [2.05, 4.69) is 5.32 Å². The van der Waals surface area contributed by atoms with Gasteiger partial charge in [-0.25, -0.2) is 0 Å². The second kappa shape index (κ2) is 6.60. The van der Waals surface area contributed by atoms with E-state index in [0.717, 1.165) is 5.56 Å². The number of nitrogens with one attached hydrogen (secondary N) is 1. The summed E-state index contributed by atoms with van der Waals surface area (Å²) in [6.07, 6.45) is -4.48. The van der Waals surface area contributed by atoms with Crippen molar-refractivity contribution in [1.29, 1.82) is 0 Å². The minimum Gasteiger partial charge on any atom is -0.507 e. The van der Waals surface area contributed by atoms with Crippen LogP contribution in [0, 0.1) is 6.92 Å². The SMILES string of the molecule is Cc1ccc(O)c(C(=O)Nc2ccccc2OCC(F)(F)F)c1. The van der Waals surface area contributed by atoms with Gasteiger partial charge in [0.05, 0.1) is 11.3 Å². The summed E-state index contributed by atoms with van der Waals surface area (Å²) in [4.78, 5) is 12.2. The van der Waals surface area contributed by atoms with E-state index in [1.165, 1.54) is 30.3 Å². The number of anilines is 1. The van der Waals surface area contributed by atoms with E-state index in [9.17, 15) is 23.1 Å². The van der Waals surface area contributed by atoms with E-state index in [0.29, 0.717) is 0 Å². The van der Waals surface area contributed by atoms with Crippen molar-refractivity contribution in [3.63, 3.8) is 0 Å². The summed E-state index contributed by atoms with van der Waals surface area (Å²) in [5, 5.41) is 12.2. The van der Waals surface area contributed by atoms with Gasteiger partial charge in [-0.2, -0.15) is 13.2 Å². The minimum atomic E-state index is -4.48. The summed E-state index contributed by atoms with van der Waals surface area (Å²) in [5.41, 5.74) is 0.868. The second-order valence-corrected chi connectivity index (χ2v) is 4.87. The van der Waals surface area contributed by atoms with Gasteiger partial charge >= 0.3 is 6.18 Å². The molecular formula is C16H14F3NO3. The van der Waals surface area contributed by atoms with Crippen molar-refractivity contribution in [2.24, 2.45) is 0 Å². The van der Waals surface area contributed by atoms with Crippen molar-refractivity contribution >= 4 is 11.6 Å². The Morgan fingerprint density at radius 1 is 1.22 bits per heavy atom. The molecule has 0 unspecified atom stereocenters. The number of para-hydroxylation sites is 2. The third kappa shape index (κ3) is 4.64. The molecule has 0 aliphatic heterocycles. The average molecular weight is 325 g/mol. The molecule has 2 aromatic rings. The molecule has 1 amide bonds. The standard InChI is InChI=1S/C16H14F3NO3/c1-10-6-7-13(21)11(8-10)15(22)20-12-4-2-3-5-14(12)23-9-16(17,18)19/h2-8,21H,9H2,1H3,(H,20,22). The monoisotopic (exact) mass is 325 g/mol. The first-order valence-electron chi connectivity index (χ1n) is 6.66. The first-order chi connectivity index (χ1) is 10.8. The first kappa shape index (κ1) is 16.7. The fourth-order valence-electron chi connectivity index (χ4n) is 1.88. The Bertz CT molecular complexity index is 714.